The van der Waals surface area contributed by atoms with Crippen LogP contribution in [-0.2, 0) is 17.8 Å². The zero-order valence-corrected chi connectivity index (χ0v) is 11.0. The molecule has 2 heterocycles. The van der Waals surface area contributed by atoms with Crippen molar-refractivity contribution in [2.75, 3.05) is 5.32 Å². The highest BCUT2D eigenvalue weighted by Crippen LogP contribution is 2.27. The summed E-state index contributed by atoms with van der Waals surface area (Å²) in [6.45, 7) is 3.13. The Bertz CT molecular complexity index is 589. The van der Waals surface area contributed by atoms with Gasteiger partial charge in [0.05, 0.1) is 6.33 Å². The number of aryl methyl sites for hydroxylation is 1. The van der Waals surface area contributed by atoms with E-state index in [-0.39, 0.29) is 5.91 Å². The largest absolute Gasteiger partial charge is 0.337 e. The molecule has 1 atom stereocenters. The summed E-state index contributed by atoms with van der Waals surface area (Å²) in [4.78, 5) is 15.4. The lowest BCUT2D eigenvalue weighted by Crippen LogP contribution is -2.19. The van der Waals surface area contributed by atoms with E-state index in [4.69, 9.17) is 0 Å². The fraction of sp³-hybridized carbons (Fsp3) is 0.333. The summed E-state index contributed by atoms with van der Waals surface area (Å²) >= 11 is 0. The lowest BCUT2D eigenvalue weighted by molar-refractivity contribution is -0.116. The number of amides is 1. The SMILES string of the molecule is CC(Cn1ccnc1)c1ccc2c(c1)CCC(=O)N2. The molecule has 1 N–H and O–H groups in total. The molecule has 3 rings (SSSR count). The maximum atomic E-state index is 11.3. The zero-order valence-electron chi connectivity index (χ0n) is 11.0. The van der Waals surface area contributed by atoms with Crippen molar-refractivity contribution in [3.05, 3.63) is 48.0 Å². The Morgan fingerprint density at radius 1 is 1.42 bits per heavy atom. The Morgan fingerprint density at radius 3 is 3.11 bits per heavy atom. The van der Waals surface area contributed by atoms with Gasteiger partial charge in [-0.2, -0.15) is 0 Å². The van der Waals surface area contributed by atoms with Crippen LogP contribution in [0.3, 0.4) is 0 Å². The van der Waals surface area contributed by atoms with Gasteiger partial charge in [-0.3, -0.25) is 4.79 Å². The number of hydrogen-bond acceptors (Lipinski definition) is 2. The fourth-order valence-corrected chi connectivity index (χ4v) is 2.53. The van der Waals surface area contributed by atoms with Crippen LogP contribution in [0.25, 0.3) is 0 Å². The van der Waals surface area contributed by atoms with Crippen molar-refractivity contribution in [2.45, 2.75) is 32.2 Å². The van der Waals surface area contributed by atoms with Gasteiger partial charge in [0.25, 0.3) is 0 Å². The Hall–Kier alpha value is -2.10. The summed E-state index contributed by atoms with van der Waals surface area (Å²) in [5, 5.41) is 2.92. The van der Waals surface area contributed by atoms with E-state index in [0.29, 0.717) is 12.3 Å². The van der Waals surface area contributed by atoms with Gasteiger partial charge in [0.1, 0.15) is 0 Å². The molecule has 1 unspecified atom stereocenters. The topological polar surface area (TPSA) is 46.9 Å². The zero-order chi connectivity index (χ0) is 13.2. The molecule has 0 fully saturated rings. The van der Waals surface area contributed by atoms with Crippen LogP contribution < -0.4 is 5.32 Å². The third kappa shape index (κ3) is 2.52. The van der Waals surface area contributed by atoms with E-state index in [2.05, 4.69) is 33.9 Å². The molecule has 1 aromatic heterocycles. The van der Waals surface area contributed by atoms with Crippen LogP contribution >= 0.6 is 0 Å². The van der Waals surface area contributed by atoms with E-state index in [9.17, 15) is 4.79 Å². The number of nitrogens with one attached hydrogen (secondary N) is 1. The first-order chi connectivity index (χ1) is 9.22. The number of carbonyl (C=O) groups excluding carboxylic acids is 1. The summed E-state index contributed by atoms with van der Waals surface area (Å²) in [7, 11) is 0. The van der Waals surface area contributed by atoms with Gasteiger partial charge >= 0.3 is 0 Å². The number of aromatic nitrogens is 2. The molecule has 0 saturated heterocycles. The minimum atomic E-state index is 0.117. The molecule has 0 aliphatic carbocycles. The molecule has 0 spiro atoms. The van der Waals surface area contributed by atoms with Gasteiger partial charge in [-0.1, -0.05) is 19.1 Å². The number of nitrogens with zero attached hydrogens (tertiary/aromatic N) is 2. The van der Waals surface area contributed by atoms with Crippen molar-refractivity contribution in [1.29, 1.82) is 0 Å². The van der Waals surface area contributed by atoms with Crippen LogP contribution in [0, 0.1) is 0 Å². The van der Waals surface area contributed by atoms with E-state index in [1.807, 2.05) is 18.6 Å². The molecule has 0 saturated carbocycles. The van der Waals surface area contributed by atoms with Gasteiger partial charge in [0.15, 0.2) is 0 Å². The quantitative estimate of drug-likeness (QED) is 0.916. The molecule has 98 valence electrons. The number of benzene rings is 1. The van der Waals surface area contributed by atoms with Gasteiger partial charge < -0.3 is 9.88 Å². The summed E-state index contributed by atoms with van der Waals surface area (Å²) in [6, 6.07) is 6.34. The highest BCUT2D eigenvalue weighted by molar-refractivity contribution is 5.93. The van der Waals surface area contributed by atoms with Gasteiger partial charge in [-0.05, 0) is 29.5 Å². The predicted octanol–water partition coefficient (Wildman–Crippen LogP) is 2.57. The minimum Gasteiger partial charge on any atom is -0.337 e. The minimum absolute atomic E-state index is 0.117. The van der Waals surface area contributed by atoms with E-state index < -0.39 is 0 Å². The number of hydrogen-bond donors (Lipinski definition) is 1. The molecule has 1 aromatic carbocycles. The van der Waals surface area contributed by atoms with E-state index in [1.165, 1.54) is 11.1 Å². The first-order valence-corrected chi connectivity index (χ1v) is 6.61. The predicted molar refractivity (Wildman–Crippen MR) is 74.0 cm³/mol. The molecular formula is C15H17N3O. The summed E-state index contributed by atoms with van der Waals surface area (Å²) in [5.41, 5.74) is 3.52. The van der Waals surface area contributed by atoms with Crippen LogP contribution in [0.4, 0.5) is 5.69 Å². The molecule has 1 amide bonds. The Kier molecular flexibility index (Phi) is 3.07. The summed E-state index contributed by atoms with van der Waals surface area (Å²) in [5.74, 6) is 0.545. The molecule has 0 radical (unpaired) electrons. The van der Waals surface area contributed by atoms with Gasteiger partial charge in [-0.25, -0.2) is 4.98 Å². The Labute approximate surface area is 112 Å². The van der Waals surface area contributed by atoms with Crippen molar-refractivity contribution in [3.63, 3.8) is 0 Å². The number of imidazole rings is 1. The third-order valence-electron chi connectivity index (χ3n) is 3.64. The number of anilines is 1. The first-order valence-electron chi connectivity index (χ1n) is 6.61. The average molecular weight is 255 g/mol. The van der Waals surface area contributed by atoms with E-state index in [0.717, 1.165) is 18.7 Å². The van der Waals surface area contributed by atoms with Crippen molar-refractivity contribution in [1.82, 2.24) is 9.55 Å². The Morgan fingerprint density at radius 2 is 2.32 bits per heavy atom. The second-order valence-corrected chi connectivity index (χ2v) is 5.13. The van der Waals surface area contributed by atoms with Crippen molar-refractivity contribution < 1.29 is 4.79 Å². The monoisotopic (exact) mass is 255 g/mol. The summed E-state index contributed by atoms with van der Waals surface area (Å²) < 4.78 is 2.09. The van der Waals surface area contributed by atoms with Crippen molar-refractivity contribution >= 4 is 11.6 Å². The maximum Gasteiger partial charge on any atom is 0.224 e. The molecule has 1 aliphatic heterocycles. The maximum absolute atomic E-state index is 11.3. The molecule has 2 aromatic rings. The van der Waals surface area contributed by atoms with Gasteiger partial charge in [-0.15, -0.1) is 0 Å². The average Bonchev–Trinajstić information content (AvgIpc) is 2.91. The lowest BCUT2D eigenvalue weighted by Gasteiger charge is -2.20. The van der Waals surface area contributed by atoms with Crippen molar-refractivity contribution in [3.8, 4) is 0 Å². The smallest absolute Gasteiger partial charge is 0.224 e. The van der Waals surface area contributed by atoms with Gasteiger partial charge in [0.2, 0.25) is 5.91 Å². The van der Waals surface area contributed by atoms with Crippen molar-refractivity contribution in [2.24, 2.45) is 0 Å². The third-order valence-corrected chi connectivity index (χ3v) is 3.64. The van der Waals surface area contributed by atoms with Crippen LogP contribution in [0.2, 0.25) is 0 Å². The lowest BCUT2D eigenvalue weighted by atomic mass is 9.94. The van der Waals surface area contributed by atoms with Crippen LogP contribution in [0.5, 0.6) is 0 Å². The molecule has 19 heavy (non-hydrogen) atoms. The van der Waals surface area contributed by atoms with E-state index in [1.54, 1.807) is 6.20 Å². The normalized spacial score (nSPS) is 15.7. The molecular weight excluding hydrogens is 238 g/mol. The molecule has 4 nitrogen and oxygen atoms in total. The molecule has 1 aliphatic rings. The molecule has 4 heteroatoms. The summed E-state index contributed by atoms with van der Waals surface area (Å²) in [6.07, 6.45) is 7.05. The van der Waals surface area contributed by atoms with Crippen LogP contribution in [0.1, 0.15) is 30.4 Å². The number of carbonyl (C=O) groups is 1. The van der Waals surface area contributed by atoms with E-state index >= 15 is 0 Å². The fourth-order valence-electron chi connectivity index (χ4n) is 2.53. The number of fused-ring (bicyclic) bond motifs is 1. The molecule has 0 bridgehead atoms. The van der Waals surface area contributed by atoms with Crippen LogP contribution in [-0.4, -0.2) is 15.5 Å². The Balaban J connectivity index is 1.80. The van der Waals surface area contributed by atoms with Gasteiger partial charge in [0, 0.05) is 31.0 Å². The first kappa shape index (κ1) is 12.0. The highest BCUT2D eigenvalue weighted by atomic mass is 16.1. The standard InChI is InChI=1S/C15H17N3O/c1-11(9-18-7-6-16-10-18)12-2-4-14-13(8-12)3-5-15(19)17-14/h2,4,6-8,10-11H,3,5,9H2,1H3,(H,17,19). The second kappa shape index (κ2) is 4.88. The second-order valence-electron chi connectivity index (χ2n) is 5.13. The number of rotatable bonds is 3. The highest BCUT2D eigenvalue weighted by Gasteiger charge is 2.16. The van der Waals surface area contributed by atoms with Crippen LogP contribution in [0.15, 0.2) is 36.9 Å².